The molecule has 2 N–H and O–H groups in total. The first kappa shape index (κ1) is 11.6. The van der Waals surface area contributed by atoms with E-state index in [-0.39, 0.29) is 11.7 Å². The first-order chi connectivity index (χ1) is 8.65. The standard InChI is InChI=1S/C15H19NO2/c1-9-12(3-2-4-14(9)17)15(18)16-13-8-10-5-6-11(13)7-10/h2-4,10-11,13,17H,5-8H2,1H3,(H,16,18). The normalized spacial score (nSPS) is 29.5. The molecule has 18 heavy (non-hydrogen) atoms. The molecule has 2 saturated carbocycles. The third kappa shape index (κ3) is 1.88. The van der Waals surface area contributed by atoms with E-state index in [1.165, 1.54) is 19.3 Å². The second kappa shape index (κ2) is 4.30. The number of nitrogens with one attached hydrogen (secondary N) is 1. The lowest BCUT2D eigenvalue weighted by Crippen LogP contribution is -2.38. The van der Waals surface area contributed by atoms with E-state index in [0.29, 0.717) is 23.1 Å². The fraction of sp³-hybridized carbons (Fsp3) is 0.533. The number of carbonyl (C=O) groups is 1. The van der Waals surface area contributed by atoms with Crippen LogP contribution in [0.2, 0.25) is 0 Å². The summed E-state index contributed by atoms with van der Waals surface area (Å²) in [7, 11) is 0. The molecule has 3 rings (SSSR count). The van der Waals surface area contributed by atoms with Crippen molar-refractivity contribution in [3.63, 3.8) is 0 Å². The van der Waals surface area contributed by atoms with Crippen molar-refractivity contribution in [2.45, 2.75) is 38.6 Å². The van der Waals surface area contributed by atoms with Crippen LogP contribution >= 0.6 is 0 Å². The van der Waals surface area contributed by atoms with E-state index >= 15 is 0 Å². The van der Waals surface area contributed by atoms with Gasteiger partial charge < -0.3 is 10.4 Å². The summed E-state index contributed by atoms with van der Waals surface area (Å²) in [5.41, 5.74) is 1.26. The summed E-state index contributed by atoms with van der Waals surface area (Å²) in [4.78, 5) is 12.2. The Morgan fingerprint density at radius 1 is 1.33 bits per heavy atom. The van der Waals surface area contributed by atoms with Gasteiger partial charge in [-0.3, -0.25) is 4.79 Å². The molecule has 2 bridgehead atoms. The molecule has 2 aliphatic carbocycles. The zero-order chi connectivity index (χ0) is 12.7. The third-order valence-electron chi connectivity index (χ3n) is 4.60. The van der Waals surface area contributed by atoms with E-state index in [0.717, 1.165) is 12.3 Å². The number of amides is 1. The number of hydrogen-bond donors (Lipinski definition) is 2. The van der Waals surface area contributed by atoms with Crippen molar-refractivity contribution < 1.29 is 9.90 Å². The van der Waals surface area contributed by atoms with Crippen molar-refractivity contribution >= 4 is 5.91 Å². The molecule has 0 saturated heterocycles. The van der Waals surface area contributed by atoms with Gasteiger partial charge in [-0.15, -0.1) is 0 Å². The molecule has 96 valence electrons. The Morgan fingerprint density at radius 3 is 2.83 bits per heavy atom. The highest BCUT2D eigenvalue weighted by Gasteiger charge is 2.40. The summed E-state index contributed by atoms with van der Waals surface area (Å²) < 4.78 is 0. The van der Waals surface area contributed by atoms with Gasteiger partial charge in [0.25, 0.3) is 5.91 Å². The van der Waals surface area contributed by atoms with Gasteiger partial charge in [-0.2, -0.15) is 0 Å². The Morgan fingerprint density at radius 2 is 2.17 bits per heavy atom. The zero-order valence-electron chi connectivity index (χ0n) is 10.6. The summed E-state index contributed by atoms with van der Waals surface area (Å²) in [6.07, 6.45) is 5.01. The Labute approximate surface area is 107 Å². The number of phenolic OH excluding ortho intramolecular Hbond substituents is 1. The first-order valence-electron chi connectivity index (χ1n) is 6.74. The van der Waals surface area contributed by atoms with Crippen LogP contribution in [0.15, 0.2) is 18.2 Å². The van der Waals surface area contributed by atoms with E-state index < -0.39 is 0 Å². The molecule has 0 radical (unpaired) electrons. The minimum Gasteiger partial charge on any atom is -0.508 e. The smallest absolute Gasteiger partial charge is 0.251 e. The molecule has 3 heteroatoms. The monoisotopic (exact) mass is 245 g/mol. The van der Waals surface area contributed by atoms with Crippen molar-refractivity contribution in [2.75, 3.05) is 0 Å². The highest BCUT2D eigenvalue weighted by atomic mass is 16.3. The van der Waals surface area contributed by atoms with Crippen LogP contribution in [0, 0.1) is 18.8 Å². The van der Waals surface area contributed by atoms with Gasteiger partial charge in [0.05, 0.1) is 0 Å². The van der Waals surface area contributed by atoms with E-state index in [4.69, 9.17) is 0 Å². The lowest BCUT2D eigenvalue weighted by atomic mass is 9.95. The van der Waals surface area contributed by atoms with Crippen molar-refractivity contribution in [2.24, 2.45) is 11.8 Å². The van der Waals surface area contributed by atoms with Gasteiger partial charge in [0.2, 0.25) is 0 Å². The summed E-state index contributed by atoms with van der Waals surface area (Å²) in [5, 5.41) is 12.8. The molecule has 0 spiro atoms. The summed E-state index contributed by atoms with van der Waals surface area (Å²) in [6.45, 7) is 1.78. The second-order valence-electron chi connectivity index (χ2n) is 5.70. The van der Waals surface area contributed by atoms with E-state index in [1.807, 2.05) is 0 Å². The lowest BCUT2D eigenvalue weighted by molar-refractivity contribution is 0.0922. The minimum absolute atomic E-state index is 0.0408. The predicted octanol–water partition coefficient (Wildman–Crippen LogP) is 2.62. The molecule has 1 amide bonds. The topological polar surface area (TPSA) is 49.3 Å². The predicted molar refractivity (Wildman–Crippen MR) is 69.5 cm³/mol. The molecule has 1 aromatic carbocycles. The molecular weight excluding hydrogens is 226 g/mol. The van der Waals surface area contributed by atoms with Gasteiger partial charge in [-0.25, -0.2) is 0 Å². The maximum Gasteiger partial charge on any atom is 0.251 e. The molecule has 3 unspecified atom stereocenters. The Balaban J connectivity index is 1.73. The Bertz CT molecular complexity index is 483. The molecule has 1 aromatic rings. The van der Waals surface area contributed by atoms with E-state index in [2.05, 4.69) is 5.32 Å². The average molecular weight is 245 g/mol. The third-order valence-corrected chi connectivity index (χ3v) is 4.60. The number of rotatable bonds is 2. The van der Waals surface area contributed by atoms with Gasteiger partial charge >= 0.3 is 0 Å². The molecular formula is C15H19NO2. The number of aromatic hydroxyl groups is 1. The molecule has 3 atom stereocenters. The molecule has 2 aliphatic rings. The number of carbonyl (C=O) groups excluding carboxylic acids is 1. The molecule has 0 heterocycles. The SMILES string of the molecule is Cc1c(O)cccc1C(=O)NC1CC2CCC1C2. The maximum atomic E-state index is 12.2. The highest BCUT2D eigenvalue weighted by Crippen LogP contribution is 2.44. The fourth-order valence-electron chi connectivity index (χ4n) is 3.54. The lowest BCUT2D eigenvalue weighted by Gasteiger charge is -2.23. The summed E-state index contributed by atoms with van der Waals surface area (Å²) in [5.74, 6) is 1.65. The van der Waals surface area contributed by atoms with E-state index in [9.17, 15) is 9.90 Å². The van der Waals surface area contributed by atoms with Crippen molar-refractivity contribution in [3.8, 4) is 5.75 Å². The number of hydrogen-bond acceptors (Lipinski definition) is 2. The second-order valence-corrected chi connectivity index (χ2v) is 5.70. The quantitative estimate of drug-likeness (QED) is 0.841. The molecule has 0 aliphatic heterocycles. The molecule has 3 nitrogen and oxygen atoms in total. The van der Waals surface area contributed by atoms with Crippen LogP contribution in [0.25, 0.3) is 0 Å². The maximum absolute atomic E-state index is 12.2. The Hall–Kier alpha value is -1.51. The van der Waals surface area contributed by atoms with Crippen LogP contribution in [-0.2, 0) is 0 Å². The molecule has 2 fully saturated rings. The minimum atomic E-state index is -0.0408. The van der Waals surface area contributed by atoms with Crippen molar-refractivity contribution in [1.29, 1.82) is 0 Å². The van der Waals surface area contributed by atoms with Crippen LogP contribution < -0.4 is 5.32 Å². The van der Waals surface area contributed by atoms with Crippen molar-refractivity contribution in [1.82, 2.24) is 5.32 Å². The molecule has 0 aromatic heterocycles. The summed E-state index contributed by atoms with van der Waals surface area (Å²) >= 11 is 0. The Kier molecular flexibility index (Phi) is 2.77. The van der Waals surface area contributed by atoms with Gasteiger partial charge in [0, 0.05) is 17.2 Å². The summed E-state index contributed by atoms with van der Waals surface area (Å²) in [6, 6.07) is 5.46. The zero-order valence-corrected chi connectivity index (χ0v) is 10.6. The van der Waals surface area contributed by atoms with Crippen LogP contribution in [0.1, 0.15) is 41.6 Å². The first-order valence-corrected chi connectivity index (χ1v) is 6.74. The van der Waals surface area contributed by atoms with Crippen LogP contribution in [0.4, 0.5) is 0 Å². The highest BCUT2D eigenvalue weighted by molar-refractivity contribution is 5.96. The van der Waals surface area contributed by atoms with Gasteiger partial charge in [-0.05, 0) is 50.2 Å². The van der Waals surface area contributed by atoms with Crippen LogP contribution in [-0.4, -0.2) is 17.1 Å². The van der Waals surface area contributed by atoms with Crippen molar-refractivity contribution in [3.05, 3.63) is 29.3 Å². The van der Waals surface area contributed by atoms with Crippen LogP contribution in [0.3, 0.4) is 0 Å². The average Bonchev–Trinajstić information content (AvgIpc) is 2.94. The number of fused-ring (bicyclic) bond motifs is 2. The fourth-order valence-corrected chi connectivity index (χ4v) is 3.54. The van der Waals surface area contributed by atoms with Gasteiger partial charge in [0.15, 0.2) is 0 Å². The van der Waals surface area contributed by atoms with E-state index in [1.54, 1.807) is 25.1 Å². The van der Waals surface area contributed by atoms with Gasteiger partial charge in [-0.1, -0.05) is 12.5 Å². The van der Waals surface area contributed by atoms with Gasteiger partial charge in [0.1, 0.15) is 5.75 Å². The number of benzene rings is 1. The number of phenols is 1. The van der Waals surface area contributed by atoms with Crippen LogP contribution in [0.5, 0.6) is 5.75 Å². The largest absolute Gasteiger partial charge is 0.508 e.